The van der Waals surface area contributed by atoms with Crippen LogP contribution in [0.4, 0.5) is 17.5 Å². The predicted octanol–water partition coefficient (Wildman–Crippen LogP) is 4.55. The highest BCUT2D eigenvalue weighted by Gasteiger charge is 2.06. The van der Waals surface area contributed by atoms with E-state index in [1.807, 2.05) is 68.4 Å². The van der Waals surface area contributed by atoms with Gasteiger partial charge in [0.2, 0.25) is 5.95 Å². The number of methoxy groups -OCH3 is 1. The third-order valence-corrected chi connectivity index (χ3v) is 3.92. The molecule has 0 aliphatic heterocycles. The Morgan fingerprint density at radius 3 is 2.52 bits per heavy atom. The number of hydrogen-bond donors (Lipinski definition) is 2. The van der Waals surface area contributed by atoms with Crippen LogP contribution in [0.15, 0.2) is 54.6 Å². The van der Waals surface area contributed by atoms with Crippen LogP contribution in [0.5, 0.6) is 11.5 Å². The molecule has 0 amide bonds. The Hall–Kier alpha value is -3.28. The van der Waals surface area contributed by atoms with E-state index in [9.17, 15) is 0 Å². The number of benzene rings is 2. The van der Waals surface area contributed by atoms with Crippen LogP contribution in [0.1, 0.15) is 18.2 Å². The minimum Gasteiger partial charge on any atom is -0.496 e. The van der Waals surface area contributed by atoms with Gasteiger partial charge in [-0.25, -0.2) is 4.98 Å². The van der Waals surface area contributed by atoms with Crippen molar-refractivity contribution in [2.24, 2.45) is 0 Å². The van der Waals surface area contributed by atoms with Gasteiger partial charge in [-0.05, 0) is 44.2 Å². The Bertz CT molecular complexity index is 882. The fraction of sp³-hybridized carbons (Fsp3) is 0.238. The summed E-state index contributed by atoms with van der Waals surface area (Å²) in [7, 11) is 1.67. The molecule has 27 heavy (non-hydrogen) atoms. The molecule has 0 saturated heterocycles. The number of aromatic nitrogens is 2. The largest absolute Gasteiger partial charge is 0.496 e. The van der Waals surface area contributed by atoms with Crippen molar-refractivity contribution in [2.75, 3.05) is 24.4 Å². The van der Waals surface area contributed by atoms with Crippen molar-refractivity contribution in [1.29, 1.82) is 0 Å². The molecule has 0 radical (unpaired) electrons. The molecule has 3 rings (SSSR count). The molecule has 1 heterocycles. The number of hydrogen-bond acceptors (Lipinski definition) is 6. The van der Waals surface area contributed by atoms with Gasteiger partial charge in [-0.1, -0.05) is 18.2 Å². The van der Waals surface area contributed by atoms with Gasteiger partial charge in [-0.2, -0.15) is 4.98 Å². The van der Waals surface area contributed by atoms with E-state index in [1.165, 1.54) is 0 Å². The lowest BCUT2D eigenvalue weighted by molar-refractivity contribution is 0.340. The molecule has 0 spiro atoms. The topological polar surface area (TPSA) is 68.3 Å². The molecule has 0 fully saturated rings. The molecule has 0 aliphatic carbocycles. The Balaban J connectivity index is 1.70. The Labute approximate surface area is 159 Å². The van der Waals surface area contributed by atoms with Crippen LogP contribution in [0, 0.1) is 6.92 Å². The fourth-order valence-electron chi connectivity index (χ4n) is 2.68. The molecule has 0 bridgehead atoms. The fourth-order valence-corrected chi connectivity index (χ4v) is 2.68. The van der Waals surface area contributed by atoms with Crippen molar-refractivity contribution in [3.05, 3.63) is 65.9 Å². The summed E-state index contributed by atoms with van der Waals surface area (Å²) >= 11 is 0. The Kier molecular flexibility index (Phi) is 6.10. The summed E-state index contributed by atoms with van der Waals surface area (Å²) in [6.07, 6.45) is 0. The SMILES string of the molecule is CCOc1ccc(Nc2cc(C)nc(NCc3ccccc3OC)n2)cc1. The molecule has 2 N–H and O–H groups in total. The van der Waals surface area contributed by atoms with Crippen molar-refractivity contribution in [3.63, 3.8) is 0 Å². The third-order valence-electron chi connectivity index (χ3n) is 3.92. The summed E-state index contributed by atoms with van der Waals surface area (Å²) in [5, 5.41) is 6.57. The third kappa shape index (κ3) is 5.10. The molecule has 3 aromatic rings. The van der Waals surface area contributed by atoms with Gasteiger partial charge < -0.3 is 20.1 Å². The first kappa shape index (κ1) is 18.5. The summed E-state index contributed by atoms with van der Waals surface area (Å²) in [6.45, 7) is 5.14. The maximum absolute atomic E-state index is 5.47. The lowest BCUT2D eigenvalue weighted by Gasteiger charge is -2.12. The lowest BCUT2D eigenvalue weighted by Crippen LogP contribution is -2.07. The number of nitrogens with one attached hydrogen (secondary N) is 2. The van der Waals surface area contributed by atoms with E-state index in [4.69, 9.17) is 9.47 Å². The highest BCUT2D eigenvalue weighted by Crippen LogP contribution is 2.21. The number of para-hydroxylation sites is 1. The van der Waals surface area contributed by atoms with E-state index in [1.54, 1.807) is 7.11 Å². The second-order valence-electron chi connectivity index (χ2n) is 5.97. The van der Waals surface area contributed by atoms with Gasteiger partial charge in [0.05, 0.1) is 13.7 Å². The summed E-state index contributed by atoms with van der Waals surface area (Å²) in [6, 6.07) is 17.6. The van der Waals surface area contributed by atoms with Gasteiger partial charge in [0.1, 0.15) is 17.3 Å². The van der Waals surface area contributed by atoms with Crippen molar-refractivity contribution >= 4 is 17.5 Å². The number of aryl methyl sites for hydroxylation is 1. The quantitative estimate of drug-likeness (QED) is 0.611. The minimum absolute atomic E-state index is 0.564. The summed E-state index contributed by atoms with van der Waals surface area (Å²) < 4.78 is 10.9. The molecule has 0 saturated carbocycles. The van der Waals surface area contributed by atoms with Crippen LogP contribution >= 0.6 is 0 Å². The smallest absolute Gasteiger partial charge is 0.225 e. The normalized spacial score (nSPS) is 10.3. The van der Waals surface area contributed by atoms with Crippen molar-refractivity contribution in [1.82, 2.24) is 9.97 Å². The second-order valence-corrected chi connectivity index (χ2v) is 5.97. The summed E-state index contributed by atoms with van der Waals surface area (Å²) in [5.74, 6) is 2.98. The average Bonchev–Trinajstić information content (AvgIpc) is 2.68. The summed E-state index contributed by atoms with van der Waals surface area (Å²) in [5.41, 5.74) is 2.86. The van der Waals surface area contributed by atoms with Crippen molar-refractivity contribution < 1.29 is 9.47 Å². The highest BCUT2D eigenvalue weighted by atomic mass is 16.5. The van der Waals surface area contributed by atoms with Crippen molar-refractivity contribution in [3.8, 4) is 11.5 Å². The van der Waals surface area contributed by atoms with Gasteiger partial charge in [0, 0.05) is 29.6 Å². The molecule has 0 unspecified atom stereocenters. The summed E-state index contributed by atoms with van der Waals surface area (Å²) in [4.78, 5) is 9.01. The van der Waals surface area contributed by atoms with Gasteiger partial charge in [-0.15, -0.1) is 0 Å². The lowest BCUT2D eigenvalue weighted by atomic mass is 10.2. The molecule has 0 atom stereocenters. The van der Waals surface area contributed by atoms with E-state index in [2.05, 4.69) is 20.6 Å². The van der Waals surface area contributed by atoms with E-state index >= 15 is 0 Å². The maximum Gasteiger partial charge on any atom is 0.225 e. The first-order chi connectivity index (χ1) is 13.2. The standard InChI is InChI=1S/C21H24N4O2/c1-4-27-18-11-9-17(10-12-18)24-20-13-15(2)23-21(25-20)22-14-16-7-5-6-8-19(16)26-3/h5-13H,4,14H2,1-3H3,(H2,22,23,24,25). The zero-order chi connectivity index (χ0) is 19.1. The zero-order valence-electron chi connectivity index (χ0n) is 15.8. The van der Waals surface area contributed by atoms with Crippen LogP contribution in [-0.2, 0) is 6.54 Å². The molecular weight excluding hydrogens is 340 g/mol. The van der Waals surface area contributed by atoms with Gasteiger partial charge >= 0.3 is 0 Å². The second kappa shape index (κ2) is 8.89. The number of rotatable bonds is 8. The minimum atomic E-state index is 0.564. The van der Waals surface area contributed by atoms with Crippen LogP contribution in [0.25, 0.3) is 0 Å². The average molecular weight is 364 g/mol. The zero-order valence-corrected chi connectivity index (χ0v) is 15.8. The number of anilines is 3. The Morgan fingerprint density at radius 1 is 1.00 bits per heavy atom. The molecule has 0 aliphatic rings. The number of ether oxygens (including phenoxy) is 2. The molecule has 140 valence electrons. The van der Waals surface area contributed by atoms with Crippen LogP contribution in [0.3, 0.4) is 0 Å². The molecule has 1 aromatic heterocycles. The first-order valence-electron chi connectivity index (χ1n) is 8.89. The maximum atomic E-state index is 5.47. The van der Waals surface area contributed by atoms with E-state index < -0.39 is 0 Å². The van der Waals surface area contributed by atoms with Gasteiger partial charge in [0.25, 0.3) is 0 Å². The molecule has 6 nitrogen and oxygen atoms in total. The van der Waals surface area contributed by atoms with E-state index in [0.717, 1.165) is 34.3 Å². The predicted molar refractivity (Wildman–Crippen MR) is 108 cm³/mol. The molecular formula is C21H24N4O2. The van der Waals surface area contributed by atoms with Gasteiger partial charge in [-0.3, -0.25) is 0 Å². The first-order valence-corrected chi connectivity index (χ1v) is 8.89. The van der Waals surface area contributed by atoms with Crippen LogP contribution < -0.4 is 20.1 Å². The number of nitrogens with zero attached hydrogens (tertiary/aromatic N) is 2. The Morgan fingerprint density at radius 2 is 1.78 bits per heavy atom. The van der Waals surface area contributed by atoms with E-state index in [0.29, 0.717) is 19.1 Å². The van der Waals surface area contributed by atoms with Crippen LogP contribution in [-0.4, -0.2) is 23.7 Å². The monoisotopic (exact) mass is 364 g/mol. The highest BCUT2D eigenvalue weighted by molar-refractivity contribution is 5.58. The molecule has 2 aromatic carbocycles. The van der Waals surface area contributed by atoms with Gasteiger partial charge in [0.15, 0.2) is 0 Å². The van der Waals surface area contributed by atoms with E-state index in [-0.39, 0.29) is 0 Å². The van der Waals surface area contributed by atoms with Crippen LogP contribution in [0.2, 0.25) is 0 Å². The van der Waals surface area contributed by atoms with Crippen molar-refractivity contribution in [2.45, 2.75) is 20.4 Å². The molecule has 6 heteroatoms.